The molecular weight excluding hydrogens is 382 g/mol. The minimum absolute atomic E-state index is 0.0183. The number of fused-ring (bicyclic) bond motifs is 1. The van der Waals surface area contributed by atoms with Crippen molar-refractivity contribution in [2.24, 2.45) is 0 Å². The van der Waals surface area contributed by atoms with Gasteiger partial charge in [-0.1, -0.05) is 0 Å². The first-order valence-corrected chi connectivity index (χ1v) is 8.80. The van der Waals surface area contributed by atoms with Crippen LogP contribution in [0.25, 0.3) is 16.8 Å². The van der Waals surface area contributed by atoms with Gasteiger partial charge in [0, 0.05) is 29.7 Å². The van der Waals surface area contributed by atoms with Gasteiger partial charge in [-0.25, -0.2) is 8.91 Å². The van der Waals surface area contributed by atoms with E-state index >= 15 is 0 Å². The van der Waals surface area contributed by atoms with E-state index in [4.69, 9.17) is 4.74 Å². The molecule has 8 nitrogen and oxygen atoms in total. The fourth-order valence-corrected chi connectivity index (χ4v) is 2.82. The minimum Gasteiger partial charge on any atom is -0.491 e. The van der Waals surface area contributed by atoms with E-state index in [1.807, 2.05) is 0 Å². The van der Waals surface area contributed by atoms with Gasteiger partial charge in [0.1, 0.15) is 6.54 Å². The Hall–Kier alpha value is -3.82. The first-order chi connectivity index (χ1) is 14.0. The zero-order chi connectivity index (χ0) is 20.4. The Morgan fingerprint density at radius 1 is 1.21 bits per heavy atom. The molecule has 0 aliphatic heterocycles. The van der Waals surface area contributed by atoms with Gasteiger partial charge in [-0.15, -0.1) is 5.10 Å². The van der Waals surface area contributed by atoms with Gasteiger partial charge >= 0.3 is 0 Å². The maximum absolute atomic E-state index is 14.5. The van der Waals surface area contributed by atoms with Crippen LogP contribution in [0.3, 0.4) is 0 Å². The molecule has 0 aliphatic rings. The summed E-state index contributed by atoms with van der Waals surface area (Å²) in [5, 5.41) is 10.7. The number of hydrogen-bond acceptors (Lipinski definition) is 5. The quantitative estimate of drug-likeness (QED) is 0.540. The summed E-state index contributed by atoms with van der Waals surface area (Å²) in [6, 6.07) is 7.72. The van der Waals surface area contributed by atoms with E-state index in [9.17, 15) is 13.6 Å². The second-order valence-corrected chi connectivity index (χ2v) is 6.08. The van der Waals surface area contributed by atoms with Gasteiger partial charge in [0.05, 0.1) is 6.61 Å². The molecule has 0 radical (unpaired) electrons. The van der Waals surface area contributed by atoms with E-state index in [0.29, 0.717) is 11.2 Å². The van der Waals surface area contributed by atoms with Gasteiger partial charge in [0.15, 0.2) is 17.2 Å². The Labute approximate surface area is 163 Å². The molecule has 0 unspecified atom stereocenters. The Balaban J connectivity index is 1.59. The van der Waals surface area contributed by atoms with Crippen molar-refractivity contribution in [1.29, 1.82) is 0 Å². The van der Waals surface area contributed by atoms with Crippen LogP contribution in [-0.4, -0.2) is 36.9 Å². The van der Waals surface area contributed by atoms with Crippen molar-refractivity contribution in [3.8, 4) is 16.9 Å². The van der Waals surface area contributed by atoms with Gasteiger partial charge in [-0.05, 0) is 37.3 Å². The molecule has 0 atom stereocenters. The SMILES string of the molecule is CCOc1ccc(-c2ccc3nc(NC(=O)Cn4cccn4)nn3c2)c(F)c1F. The van der Waals surface area contributed by atoms with Crippen LogP contribution in [0, 0.1) is 11.6 Å². The third kappa shape index (κ3) is 3.77. The van der Waals surface area contributed by atoms with Crippen LogP contribution in [0.4, 0.5) is 14.7 Å². The minimum atomic E-state index is -1.05. The van der Waals surface area contributed by atoms with Crippen molar-refractivity contribution in [1.82, 2.24) is 24.4 Å². The molecule has 0 aliphatic carbocycles. The summed E-state index contributed by atoms with van der Waals surface area (Å²) in [7, 11) is 0. The summed E-state index contributed by atoms with van der Waals surface area (Å²) >= 11 is 0. The van der Waals surface area contributed by atoms with E-state index in [1.54, 1.807) is 37.5 Å². The maximum atomic E-state index is 14.5. The van der Waals surface area contributed by atoms with Gasteiger partial charge in [-0.2, -0.15) is 14.5 Å². The van der Waals surface area contributed by atoms with E-state index in [-0.39, 0.29) is 36.3 Å². The number of benzene rings is 1. The molecule has 29 heavy (non-hydrogen) atoms. The Kier molecular flexibility index (Phi) is 4.90. The molecule has 0 saturated carbocycles. The van der Waals surface area contributed by atoms with Crippen LogP contribution >= 0.6 is 0 Å². The monoisotopic (exact) mass is 398 g/mol. The predicted octanol–water partition coefficient (Wildman–Crippen LogP) is 2.91. The van der Waals surface area contributed by atoms with Crippen molar-refractivity contribution in [3.05, 3.63) is 60.6 Å². The topological polar surface area (TPSA) is 86.3 Å². The maximum Gasteiger partial charge on any atom is 0.249 e. The molecule has 0 bridgehead atoms. The van der Waals surface area contributed by atoms with Gasteiger partial charge in [0.2, 0.25) is 17.7 Å². The standard InChI is InChI=1S/C19H16F2N6O2/c1-2-29-14-6-5-13(17(20)18(14)21)12-4-7-15-23-19(25-27(15)10-12)24-16(28)11-26-9-3-8-22-26/h3-10H,2,11H2,1H3,(H,24,25,28). The number of pyridine rings is 1. The Morgan fingerprint density at radius 3 is 2.83 bits per heavy atom. The van der Waals surface area contributed by atoms with E-state index < -0.39 is 11.6 Å². The highest BCUT2D eigenvalue weighted by Crippen LogP contribution is 2.30. The fraction of sp³-hybridized carbons (Fsp3) is 0.158. The van der Waals surface area contributed by atoms with Crippen LogP contribution in [0.5, 0.6) is 5.75 Å². The van der Waals surface area contributed by atoms with Crippen molar-refractivity contribution < 1.29 is 18.3 Å². The Morgan fingerprint density at radius 2 is 2.07 bits per heavy atom. The predicted molar refractivity (Wildman–Crippen MR) is 100 cm³/mol. The average Bonchev–Trinajstić information content (AvgIpc) is 3.34. The third-order valence-electron chi connectivity index (χ3n) is 4.10. The molecule has 10 heteroatoms. The van der Waals surface area contributed by atoms with Crippen molar-refractivity contribution in [3.63, 3.8) is 0 Å². The molecule has 1 aromatic carbocycles. The number of carbonyl (C=O) groups excluding carboxylic acids is 1. The number of aromatic nitrogens is 5. The first-order valence-electron chi connectivity index (χ1n) is 8.80. The number of carbonyl (C=O) groups is 1. The van der Waals surface area contributed by atoms with E-state index in [0.717, 1.165) is 0 Å². The Bertz CT molecular complexity index is 1170. The number of halogens is 2. The molecule has 1 amide bonds. The summed E-state index contributed by atoms with van der Waals surface area (Å²) in [5.41, 5.74) is 0.902. The van der Waals surface area contributed by atoms with Crippen molar-refractivity contribution >= 4 is 17.5 Å². The molecule has 1 N–H and O–H groups in total. The molecule has 0 spiro atoms. The lowest BCUT2D eigenvalue weighted by molar-refractivity contribution is -0.116. The zero-order valence-electron chi connectivity index (χ0n) is 15.3. The van der Waals surface area contributed by atoms with Gasteiger partial charge in [-0.3, -0.25) is 14.8 Å². The molecule has 3 aromatic heterocycles. The van der Waals surface area contributed by atoms with Crippen molar-refractivity contribution in [2.45, 2.75) is 13.5 Å². The summed E-state index contributed by atoms with van der Waals surface area (Å²) < 4.78 is 36.5. The van der Waals surface area contributed by atoms with Crippen LogP contribution in [-0.2, 0) is 11.3 Å². The number of ether oxygens (including phenoxy) is 1. The molecule has 0 saturated heterocycles. The van der Waals surface area contributed by atoms with Crippen LogP contribution in [0.2, 0.25) is 0 Å². The van der Waals surface area contributed by atoms with Crippen LogP contribution in [0.1, 0.15) is 6.92 Å². The molecular formula is C19H16F2N6O2. The second-order valence-electron chi connectivity index (χ2n) is 6.08. The average molecular weight is 398 g/mol. The third-order valence-corrected chi connectivity index (χ3v) is 4.10. The molecule has 4 aromatic rings. The molecule has 3 heterocycles. The molecule has 4 rings (SSSR count). The number of nitrogens with one attached hydrogen (secondary N) is 1. The highest BCUT2D eigenvalue weighted by Gasteiger charge is 2.17. The summed E-state index contributed by atoms with van der Waals surface area (Å²) in [6.07, 6.45) is 4.73. The summed E-state index contributed by atoms with van der Waals surface area (Å²) in [6.45, 7) is 1.94. The van der Waals surface area contributed by atoms with E-state index in [2.05, 4.69) is 20.5 Å². The van der Waals surface area contributed by atoms with Gasteiger partial charge in [0.25, 0.3) is 0 Å². The van der Waals surface area contributed by atoms with Crippen molar-refractivity contribution in [2.75, 3.05) is 11.9 Å². The van der Waals surface area contributed by atoms with Gasteiger partial charge < -0.3 is 4.74 Å². The van der Waals surface area contributed by atoms with Crippen LogP contribution in [0.15, 0.2) is 48.9 Å². The first kappa shape index (κ1) is 18.5. The summed E-state index contributed by atoms with van der Waals surface area (Å²) in [4.78, 5) is 16.2. The lowest BCUT2D eigenvalue weighted by Crippen LogP contribution is -2.19. The normalized spacial score (nSPS) is 11.0. The number of nitrogens with zero attached hydrogens (tertiary/aromatic N) is 5. The fourth-order valence-electron chi connectivity index (χ4n) is 2.82. The number of amides is 1. The molecule has 0 fully saturated rings. The number of anilines is 1. The zero-order valence-corrected chi connectivity index (χ0v) is 15.3. The largest absolute Gasteiger partial charge is 0.491 e. The lowest BCUT2D eigenvalue weighted by atomic mass is 10.1. The highest BCUT2D eigenvalue weighted by molar-refractivity contribution is 5.88. The lowest BCUT2D eigenvalue weighted by Gasteiger charge is -2.09. The summed E-state index contributed by atoms with van der Waals surface area (Å²) in [5.74, 6) is -2.45. The van der Waals surface area contributed by atoms with E-state index in [1.165, 1.54) is 27.5 Å². The second kappa shape index (κ2) is 7.66. The highest BCUT2D eigenvalue weighted by atomic mass is 19.2. The number of hydrogen-bond donors (Lipinski definition) is 1. The smallest absolute Gasteiger partial charge is 0.249 e. The van der Waals surface area contributed by atoms with Crippen LogP contribution < -0.4 is 10.1 Å². The number of rotatable bonds is 6. The molecule has 148 valence electrons.